The van der Waals surface area contributed by atoms with Crippen molar-refractivity contribution in [3.63, 3.8) is 0 Å². The Balaban J connectivity index is 4.47. The summed E-state index contributed by atoms with van der Waals surface area (Å²) in [5.74, 6) is 0. The molecule has 0 saturated heterocycles. The van der Waals surface area contributed by atoms with Gasteiger partial charge < -0.3 is 5.73 Å². The van der Waals surface area contributed by atoms with Gasteiger partial charge >= 0.3 is 0 Å². The Morgan fingerprint density at radius 3 is 1.36 bits per heavy atom. The van der Waals surface area contributed by atoms with Crippen LogP contribution < -0.4 is 5.73 Å². The lowest BCUT2D eigenvalue weighted by atomic mass is 9.67. The van der Waals surface area contributed by atoms with Gasteiger partial charge in [0.25, 0.3) is 0 Å². The van der Waals surface area contributed by atoms with Gasteiger partial charge in [-0.25, -0.2) is 0 Å². The molecule has 0 bridgehead atoms. The second-order valence-electron chi connectivity index (χ2n) is 4.04. The molecule has 2 N–H and O–H groups in total. The molecule has 1 heteroatoms. The Morgan fingerprint density at radius 2 is 1.27 bits per heavy atom. The predicted octanol–water partition coefficient (Wildman–Crippen LogP) is 2.94. The highest BCUT2D eigenvalue weighted by atomic mass is 14.8. The lowest BCUT2D eigenvalue weighted by Crippen LogP contribution is -2.50. The van der Waals surface area contributed by atoms with Crippen LogP contribution in [-0.4, -0.2) is 5.54 Å². The first-order valence-corrected chi connectivity index (χ1v) is 4.72. The molecule has 0 aromatic rings. The predicted molar refractivity (Wildman–Crippen MR) is 51.6 cm³/mol. The van der Waals surface area contributed by atoms with Crippen molar-refractivity contribution in [3.8, 4) is 0 Å². The second kappa shape index (κ2) is 3.57. The number of nitrogens with two attached hydrogens (primary N) is 1. The minimum atomic E-state index is -0.00347. The van der Waals surface area contributed by atoms with Crippen LogP contribution in [0.3, 0.4) is 0 Å². The van der Waals surface area contributed by atoms with Crippen LogP contribution in [0, 0.1) is 5.41 Å². The Hall–Kier alpha value is -0.0400. The third-order valence-electron chi connectivity index (χ3n) is 3.67. The molecule has 0 aliphatic rings. The number of hydrogen-bond donors (Lipinski definition) is 1. The third kappa shape index (κ3) is 1.96. The maximum absolute atomic E-state index is 6.22. The quantitative estimate of drug-likeness (QED) is 0.667. The monoisotopic (exact) mass is 157 g/mol. The van der Waals surface area contributed by atoms with Gasteiger partial charge in [-0.1, -0.05) is 27.7 Å². The fourth-order valence-electron chi connectivity index (χ4n) is 1.48. The molecule has 0 radical (unpaired) electrons. The van der Waals surface area contributed by atoms with Crippen molar-refractivity contribution in [1.82, 2.24) is 0 Å². The van der Waals surface area contributed by atoms with Gasteiger partial charge in [0.05, 0.1) is 0 Å². The average Bonchev–Trinajstić information content (AvgIpc) is 2.02. The van der Waals surface area contributed by atoms with Crippen LogP contribution in [0.2, 0.25) is 0 Å². The van der Waals surface area contributed by atoms with Gasteiger partial charge in [-0.3, -0.25) is 0 Å². The molecule has 0 aromatic carbocycles. The largest absolute Gasteiger partial charge is 0.325 e. The molecule has 1 unspecified atom stereocenters. The van der Waals surface area contributed by atoms with Crippen molar-refractivity contribution in [2.75, 3.05) is 0 Å². The van der Waals surface area contributed by atoms with Gasteiger partial charge in [-0.05, 0) is 31.6 Å². The summed E-state index contributed by atoms with van der Waals surface area (Å²) >= 11 is 0. The van der Waals surface area contributed by atoms with Crippen LogP contribution in [0.15, 0.2) is 0 Å². The van der Waals surface area contributed by atoms with Crippen molar-refractivity contribution in [2.45, 2.75) is 59.4 Å². The molecule has 0 amide bonds. The van der Waals surface area contributed by atoms with E-state index in [1.807, 2.05) is 0 Å². The summed E-state index contributed by atoms with van der Waals surface area (Å²) in [4.78, 5) is 0. The lowest BCUT2D eigenvalue weighted by Gasteiger charge is -2.42. The molecule has 11 heavy (non-hydrogen) atoms. The molecule has 0 fully saturated rings. The van der Waals surface area contributed by atoms with Crippen molar-refractivity contribution < 1.29 is 0 Å². The van der Waals surface area contributed by atoms with Crippen LogP contribution in [0.1, 0.15) is 53.9 Å². The summed E-state index contributed by atoms with van der Waals surface area (Å²) in [6, 6.07) is 0. The molecule has 0 spiro atoms. The molecule has 1 atom stereocenters. The summed E-state index contributed by atoms with van der Waals surface area (Å²) in [5.41, 5.74) is 6.52. The van der Waals surface area contributed by atoms with E-state index in [9.17, 15) is 0 Å². The van der Waals surface area contributed by atoms with E-state index in [1.165, 1.54) is 12.8 Å². The fraction of sp³-hybridized carbons (Fsp3) is 1.00. The summed E-state index contributed by atoms with van der Waals surface area (Å²) in [6.07, 6.45) is 3.40. The van der Waals surface area contributed by atoms with Crippen LogP contribution in [0.5, 0.6) is 0 Å². The number of rotatable bonds is 4. The smallest absolute Gasteiger partial charge is 0.0177 e. The van der Waals surface area contributed by atoms with E-state index in [4.69, 9.17) is 5.73 Å². The van der Waals surface area contributed by atoms with E-state index < -0.39 is 0 Å². The first kappa shape index (κ1) is 11.0. The maximum atomic E-state index is 6.22. The van der Waals surface area contributed by atoms with Gasteiger partial charge in [-0.15, -0.1) is 0 Å². The van der Waals surface area contributed by atoms with E-state index in [-0.39, 0.29) is 5.54 Å². The molecule has 68 valence electrons. The van der Waals surface area contributed by atoms with Crippen molar-refractivity contribution in [3.05, 3.63) is 0 Å². The lowest BCUT2D eigenvalue weighted by molar-refractivity contribution is 0.139. The maximum Gasteiger partial charge on any atom is 0.0177 e. The molecule has 0 aliphatic heterocycles. The minimum absolute atomic E-state index is 0.00347. The molecule has 0 saturated carbocycles. The normalized spacial score (nSPS) is 18.0. The van der Waals surface area contributed by atoms with Crippen molar-refractivity contribution in [1.29, 1.82) is 0 Å². The van der Waals surface area contributed by atoms with Gasteiger partial charge in [0.2, 0.25) is 0 Å². The van der Waals surface area contributed by atoms with E-state index in [0.717, 1.165) is 6.42 Å². The Kier molecular flexibility index (Phi) is 3.56. The minimum Gasteiger partial charge on any atom is -0.325 e. The number of hydrogen-bond acceptors (Lipinski definition) is 1. The van der Waals surface area contributed by atoms with Crippen LogP contribution in [0.25, 0.3) is 0 Å². The zero-order valence-electron chi connectivity index (χ0n) is 8.70. The highest BCUT2D eigenvalue weighted by molar-refractivity contribution is 4.93. The van der Waals surface area contributed by atoms with Gasteiger partial charge in [0, 0.05) is 5.54 Å². The van der Waals surface area contributed by atoms with Crippen LogP contribution >= 0.6 is 0 Å². The standard InChI is InChI=1S/C10H23N/c1-6-9(4,7-2)10(5,11)8-3/h6-8,11H2,1-5H3. The molecular formula is C10H23N. The first-order valence-electron chi connectivity index (χ1n) is 4.72. The molecule has 0 heterocycles. The molecule has 0 aromatic heterocycles. The van der Waals surface area contributed by atoms with Gasteiger partial charge in [0.15, 0.2) is 0 Å². The summed E-state index contributed by atoms with van der Waals surface area (Å²) in [6.45, 7) is 11.1. The summed E-state index contributed by atoms with van der Waals surface area (Å²) in [7, 11) is 0. The summed E-state index contributed by atoms with van der Waals surface area (Å²) in [5, 5.41) is 0. The van der Waals surface area contributed by atoms with Crippen molar-refractivity contribution >= 4 is 0 Å². The summed E-state index contributed by atoms with van der Waals surface area (Å²) < 4.78 is 0. The van der Waals surface area contributed by atoms with Crippen LogP contribution in [0.4, 0.5) is 0 Å². The highest BCUT2D eigenvalue weighted by Gasteiger charge is 2.36. The molecule has 0 aliphatic carbocycles. The van der Waals surface area contributed by atoms with E-state index in [2.05, 4.69) is 34.6 Å². The first-order chi connectivity index (χ1) is 4.93. The van der Waals surface area contributed by atoms with Crippen molar-refractivity contribution in [2.24, 2.45) is 11.1 Å². The molecular weight excluding hydrogens is 134 g/mol. The Bertz CT molecular complexity index is 112. The highest BCUT2D eigenvalue weighted by Crippen LogP contribution is 2.37. The Labute approximate surface area is 71.4 Å². The van der Waals surface area contributed by atoms with Crippen LogP contribution in [-0.2, 0) is 0 Å². The Morgan fingerprint density at radius 1 is 0.909 bits per heavy atom. The zero-order chi connectivity index (χ0) is 9.12. The SMILES string of the molecule is CCC(C)(N)C(C)(CC)CC. The zero-order valence-corrected chi connectivity index (χ0v) is 8.70. The average molecular weight is 157 g/mol. The van der Waals surface area contributed by atoms with E-state index in [1.54, 1.807) is 0 Å². The van der Waals surface area contributed by atoms with E-state index >= 15 is 0 Å². The van der Waals surface area contributed by atoms with Gasteiger partial charge in [0.1, 0.15) is 0 Å². The van der Waals surface area contributed by atoms with Gasteiger partial charge in [-0.2, -0.15) is 0 Å². The van der Waals surface area contributed by atoms with E-state index in [0.29, 0.717) is 5.41 Å². The second-order valence-corrected chi connectivity index (χ2v) is 4.04. The fourth-order valence-corrected chi connectivity index (χ4v) is 1.48. The third-order valence-corrected chi connectivity index (χ3v) is 3.67. The molecule has 0 rings (SSSR count). The topological polar surface area (TPSA) is 26.0 Å². The molecule has 1 nitrogen and oxygen atoms in total.